The second-order valence-electron chi connectivity index (χ2n) is 4.51. The molecule has 1 N–H and O–H groups in total. The van der Waals surface area contributed by atoms with Gasteiger partial charge < -0.3 is 5.32 Å². The number of rotatable bonds is 6. The van der Waals surface area contributed by atoms with Gasteiger partial charge in [-0.05, 0) is 13.3 Å². The van der Waals surface area contributed by atoms with Gasteiger partial charge in [0.2, 0.25) is 5.82 Å². The summed E-state index contributed by atoms with van der Waals surface area (Å²) in [5, 5.41) is 21.4. The SMILES string of the molecule is CCCc1nn(C)c(NCc2nc(C)cs2)c1[N+](=O)[O-]. The standard InChI is InChI=1S/C12H17N5O2S/c1-4-5-9-11(17(18)19)12(16(3)15-9)13-6-10-14-8(2)7-20-10/h7,13H,4-6H2,1-3H3. The zero-order chi connectivity index (χ0) is 14.7. The van der Waals surface area contributed by atoms with Crippen LogP contribution in [-0.2, 0) is 20.0 Å². The van der Waals surface area contributed by atoms with E-state index in [-0.39, 0.29) is 10.6 Å². The van der Waals surface area contributed by atoms with E-state index in [0.29, 0.717) is 24.5 Å². The Morgan fingerprint density at radius 2 is 2.30 bits per heavy atom. The number of nitrogens with zero attached hydrogens (tertiary/aromatic N) is 4. The summed E-state index contributed by atoms with van der Waals surface area (Å²) < 4.78 is 1.53. The van der Waals surface area contributed by atoms with Crippen LogP contribution in [0.3, 0.4) is 0 Å². The van der Waals surface area contributed by atoms with Crippen LogP contribution in [0, 0.1) is 17.0 Å². The van der Waals surface area contributed by atoms with Gasteiger partial charge in [-0.2, -0.15) is 5.10 Å². The molecule has 2 rings (SSSR count). The molecule has 0 fully saturated rings. The van der Waals surface area contributed by atoms with Gasteiger partial charge in [-0.25, -0.2) is 9.67 Å². The van der Waals surface area contributed by atoms with Crippen LogP contribution < -0.4 is 5.32 Å². The third-order valence-corrected chi connectivity index (χ3v) is 3.80. The molecule has 2 heterocycles. The van der Waals surface area contributed by atoms with E-state index in [2.05, 4.69) is 15.4 Å². The first-order valence-corrected chi connectivity index (χ1v) is 7.26. The number of aromatic nitrogens is 3. The highest BCUT2D eigenvalue weighted by molar-refractivity contribution is 7.09. The Morgan fingerprint density at radius 3 is 2.85 bits per heavy atom. The summed E-state index contributed by atoms with van der Waals surface area (Å²) in [5.74, 6) is 0.436. The number of nitrogens with one attached hydrogen (secondary N) is 1. The third-order valence-electron chi connectivity index (χ3n) is 2.83. The molecule has 0 saturated carbocycles. The van der Waals surface area contributed by atoms with Crippen molar-refractivity contribution in [1.29, 1.82) is 0 Å². The molecule has 0 saturated heterocycles. The highest BCUT2D eigenvalue weighted by Crippen LogP contribution is 2.29. The van der Waals surface area contributed by atoms with E-state index in [4.69, 9.17) is 0 Å². The first-order valence-electron chi connectivity index (χ1n) is 6.38. The number of hydrogen-bond donors (Lipinski definition) is 1. The summed E-state index contributed by atoms with van der Waals surface area (Å²) in [4.78, 5) is 15.2. The predicted octanol–water partition coefficient (Wildman–Crippen LogP) is 2.66. The van der Waals surface area contributed by atoms with Crippen molar-refractivity contribution in [3.05, 3.63) is 31.9 Å². The molecule has 0 radical (unpaired) electrons. The zero-order valence-corrected chi connectivity index (χ0v) is 12.5. The molecule has 108 valence electrons. The molecule has 0 amide bonds. The summed E-state index contributed by atoms with van der Waals surface area (Å²) in [6, 6.07) is 0. The molecule has 8 heteroatoms. The number of hydrogen-bond acceptors (Lipinski definition) is 6. The van der Waals surface area contributed by atoms with E-state index < -0.39 is 0 Å². The van der Waals surface area contributed by atoms with E-state index >= 15 is 0 Å². The van der Waals surface area contributed by atoms with E-state index in [1.807, 2.05) is 19.2 Å². The molecule has 0 unspecified atom stereocenters. The maximum Gasteiger partial charge on any atom is 0.334 e. The monoisotopic (exact) mass is 295 g/mol. The molecule has 2 aromatic heterocycles. The molecule has 0 aliphatic rings. The lowest BCUT2D eigenvalue weighted by atomic mass is 10.2. The molecule has 7 nitrogen and oxygen atoms in total. The summed E-state index contributed by atoms with van der Waals surface area (Å²) in [6.07, 6.45) is 1.42. The van der Waals surface area contributed by atoms with Gasteiger partial charge in [0.25, 0.3) is 0 Å². The number of aryl methyl sites for hydroxylation is 3. The second-order valence-corrected chi connectivity index (χ2v) is 5.45. The molecular weight excluding hydrogens is 278 g/mol. The van der Waals surface area contributed by atoms with Crippen LogP contribution in [0.25, 0.3) is 0 Å². The van der Waals surface area contributed by atoms with Crippen LogP contribution in [0.5, 0.6) is 0 Å². The smallest absolute Gasteiger partial charge is 0.334 e. The normalized spacial score (nSPS) is 10.8. The Balaban J connectivity index is 2.23. The maximum absolute atomic E-state index is 11.2. The van der Waals surface area contributed by atoms with E-state index in [1.165, 1.54) is 16.0 Å². The molecule has 0 aromatic carbocycles. The molecule has 0 spiro atoms. The van der Waals surface area contributed by atoms with Crippen molar-refractivity contribution in [2.75, 3.05) is 5.32 Å². The summed E-state index contributed by atoms with van der Waals surface area (Å²) in [7, 11) is 1.71. The number of anilines is 1. The van der Waals surface area contributed by atoms with E-state index in [9.17, 15) is 10.1 Å². The summed E-state index contributed by atoms with van der Waals surface area (Å²) in [6.45, 7) is 4.36. The van der Waals surface area contributed by atoms with Crippen LogP contribution in [0.2, 0.25) is 0 Å². The minimum atomic E-state index is -0.368. The predicted molar refractivity (Wildman–Crippen MR) is 78.0 cm³/mol. The fraction of sp³-hybridized carbons (Fsp3) is 0.500. The van der Waals surface area contributed by atoms with Gasteiger partial charge in [0.1, 0.15) is 10.7 Å². The Bertz CT molecular complexity index is 619. The lowest BCUT2D eigenvalue weighted by Gasteiger charge is -2.03. The van der Waals surface area contributed by atoms with Crippen LogP contribution >= 0.6 is 11.3 Å². The van der Waals surface area contributed by atoms with E-state index in [0.717, 1.165) is 17.1 Å². The van der Waals surface area contributed by atoms with Gasteiger partial charge in [-0.15, -0.1) is 11.3 Å². The molecular formula is C12H17N5O2S. The Labute approximate surface area is 120 Å². The maximum atomic E-state index is 11.2. The van der Waals surface area contributed by atoms with Crippen LogP contribution in [0.1, 0.15) is 29.7 Å². The topological polar surface area (TPSA) is 85.9 Å². The number of thiazole rings is 1. The molecule has 0 aliphatic carbocycles. The summed E-state index contributed by atoms with van der Waals surface area (Å²) >= 11 is 1.53. The first kappa shape index (κ1) is 14.4. The van der Waals surface area contributed by atoms with Crippen molar-refractivity contribution in [1.82, 2.24) is 14.8 Å². The molecule has 0 bridgehead atoms. The Kier molecular flexibility index (Phi) is 4.33. The second kappa shape index (κ2) is 6.00. The van der Waals surface area contributed by atoms with Crippen molar-refractivity contribution in [3.63, 3.8) is 0 Å². The average molecular weight is 295 g/mol. The molecule has 0 aliphatic heterocycles. The summed E-state index contributed by atoms with van der Waals surface area (Å²) in [5.41, 5.74) is 1.55. The fourth-order valence-corrected chi connectivity index (χ4v) is 2.72. The lowest BCUT2D eigenvalue weighted by molar-refractivity contribution is -0.384. The van der Waals surface area contributed by atoms with Gasteiger partial charge in [-0.3, -0.25) is 10.1 Å². The first-order chi connectivity index (χ1) is 9.52. The van der Waals surface area contributed by atoms with Gasteiger partial charge in [0.05, 0.1) is 11.5 Å². The zero-order valence-electron chi connectivity index (χ0n) is 11.7. The average Bonchev–Trinajstić information content (AvgIpc) is 2.91. The highest BCUT2D eigenvalue weighted by atomic mass is 32.1. The van der Waals surface area contributed by atoms with Crippen molar-refractivity contribution >= 4 is 22.8 Å². The fourth-order valence-electron chi connectivity index (χ4n) is 2.01. The van der Waals surface area contributed by atoms with Crippen molar-refractivity contribution in [2.24, 2.45) is 7.05 Å². The number of nitro groups is 1. The van der Waals surface area contributed by atoms with Crippen molar-refractivity contribution in [3.8, 4) is 0 Å². The van der Waals surface area contributed by atoms with Gasteiger partial charge in [0, 0.05) is 18.1 Å². The molecule has 0 atom stereocenters. The highest BCUT2D eigenvalue weighted by Gasteiger charge is 2.25. The van der Waals surface area contributed by atoms with Crippen LogP contribution in [0.15, 0.2) is 5.38 Å². The quantitative estimate of drug-likeness (QED) is 0.654. The largest absolute Gasteiger partial charge is 0.358 e. The van der Waals surface area contributed by atoms with Gasteiger partial charge >= 0.3 is 5.69 Å². The Hall–Kier alpha value is -1.96. The van der Waals surface area contributed by atoms with Gasteiger partial charge in [-0.1, -0.05) is 13.3 Å². The molecule has 20 heavy (non-hydrogen) atoms. The minimum Gasteiger partial charge on any atom is -0.358 e. The Morgan fingerprint density at radius 1 is 1.55 bits per heavy atom. The van der Waals surface area contributed by atoms with Crippen molar-refractivity contribution < 1.29 is 4.92 Å². The van der Waals surface area contributed by atoms with Crippen LogP contribution in [-0.4, -0.2) is 19.7 Å². The third kappa shape index (κ3) is 2.96. The molecule has 2 aromatic rings. The van der Waals surface area contributed by atoms with Crippen LogP contribution in [0.4, 0.5) is 11.5 Å². The van der Waals surface area contributed by atoms with Crippen molar-refractivity contribution in [2.45, 2.75) is 33.2 Å². The lowest BCUT2D eigenvalue weighted by Crippen LogP contribution is -2.06. The minimum absolute atomic E-state index is 0.0719. The van der Waals surface area contributed by atoms with Gasteiger partial charge in [0.15, 0.2) is 0 Å². The van der Waals surface area contributed by atoms with E-state index in [1.54, 1.807) is 7.05 Å².